The van der Waals surface area contributed by atoms with Gasteiger partial charge in [-0.3, -0.25) is 0 Å². The van der Waals surface area contributed by atoms with E-state index in [9.17, 15) is 4.79 Å². The summed E-state index contributed by atoms with van der Waals surface area (Å²) in [5, 5.41) is 3.78. The lowest BCUT2D eigenvalue weighted by atomic mass is 10.0. The molecule has 1 atom stereocenters. The maximum absolute atomic E-state index is 12.9. The Hall–Kier alpha value is -2.00. The van der Waals surface area contributed by atoms with Crippen molar-refractivity contribution in [3.8, 4) is 0 Å². The first-order chi connectivity index (χ1) is 11.6. The molecule has 2 amide bonds. The monoisotopic (exact) mass is 342 g/mol. The first kappa shape index (κ1) is 16.8. The largest absolute Gasteiger partial charge is 0.322 e. The molecule has 0 saturated carbocycles. The van der Waals surface area contributed by atoms with Crippen LogP contribution in [0.3, 0.4) is 0 Å². The molecular weight excluding hydrogens is 320 g/mol. The van der Waals surface area contributed by atoms with Crippen LogP contribution >= 0.6 is 11.6 Å². The van der Waals surface area contributed by atoms with Gasteiger partial charge in [0.1, 0.15) is 0 Å². The molecule has 0 aliphatic carbocycles. The molecule has 3 nitrogen and oxygen atoms in total. The average Bonchev–Trinajstić information content (AvgIpc) is 2.81. The van der Waals surface area contributed by atoms with Crippen molar-refractivity contribution < 1.29 is 4.79 Å². The minimum Gasteiger partial charge on any atom is -0.317 e. The molecule has 24 heavy (non-hydrogen) atoms. The van der Waals surface area contributed by atoms with E-state index in [1.54, 1.807) is 0 Å². The quantitative estimate of drug-likeness (QED) is 0.735. The molecule has 1 N–H and O–H groups in total. The fourth-order valence-electron chi connectivity index (χ4n) is 3.30. The lowest BCUT2D eigenvalue weighted by molar-refractivity contribution is 0.189. The zero-order chi connectivity index (χ0) is 16.9. The molecule has 3 rings (SSSR count). The van der Waals surface area contributed by atoms with E-state index >= 15 is 0 Å². The van der Waals surface area contributed by atoms with Crippen molar-refractivity contribution in [2.24, 2.45) is 0 Å². The zero-order valence-electron chi connectivity index (χ0n) is 14.0. The Labute approximate surface area is 148 Å². The van der Waals surface area contributed by atoms with Gasteiger partial charge in [0, 0.05) is 17.3 Å². The summed E-state index contributed by atoms with van der Waals surface area (Å²) in [5.41, 5.74) is 3.14. The van der Waals surface area contributed by atoms with Crippen LogP contribution < -0.4 is 5.32 Å². The van der Waals surface area contributed by atoms with Crippen molar-refractivity contribution in [2.75, 3.05) is 11.9 Å². The van der Waals surface area contributed by atoms with Crippen LogP contribution in [-0.2, 0) is 0 Å². The van der Waals surface area contributed by atoms with Gasteiger partial charge >= 0.3 is 6.03 Å². The van der Waals surface area contributed by atoms with Crippen molar-refractivity contribution in [1.82, 2.24) is 4.90 Å². The summed E-state index contributed by atoms with van der Waals surface area (Å²) in [6.07, 6.45) is 4.34. The van der Waals surface area contributed by atoms with E-state index in [1.807, 2.05) is 60.4 Å². The van der Waals surface area contributed by atoms with E-state index in [1.165, 1.54) is 0 Å². The molecule has 1 aliphatic rings. The van der Waals surface area contributed by atoms with Gasteiger partial charge in [0.15, 0.2) is 0 Å². The highest BCUT2D eigenvalue weighted by molar-refractivity contribution is 6.30. The third kappa shape index (κ3) is 4.09. The maximum Gasteiger partial charge on any atom is 0.322 e. The van der Waals surface area contributed by atoms with E-state index in [4.69, 9.17) is 11.6 Å². The van der Waals surface area contributed by atoms with Crippen LogP contribution in [0.2, 0.25) is 5.02 Å². The second-order valence-corrected chi connectivity index (χ2v) is 6.85. The van der Waals surface area contributed by atoms with Gasteiger partial charge in [-0.2, -0.15) is 0 Å². The van der Waals surface area contributed by atoms with Gasteiger partial charge in [0.2, 0.25) is 0 Å². The molecule has 0 bridgehead atoms. The second-order valence-electron chi connectivity index (χ2n) is 6.41. The van der Waals surface area contributed by atoms with Gasteiger partial charge < -0.3 is 10.2 Å². The van der Waals surface area contributed by atoms with Crippen LogP contribution in [0.1, 0.15) is 42.9 Å². The molecule has 2 aromatic carbocycles. The van der Waals surface area contributed by atoms with E-state index in [0.717, 1.165) is 54.1 Å². The zero-order valence-corrected chi connectivity index (χ0v) is 14.7. The Bertz CT molecular complexity index is 699. The number of carbonyl (C=O) groups excluding carboxylic acids is 1. The normalized spacial score (nSPS) is 18.1. The highest BCUT2D eigenvalue weighted by Gasteiger charge is 2.26. The number of carbonyl (C=O) groups is 1. The molecule has 4 heteroatoms. The Morgan fingerprint density at radius 2 is 1.92 bits per heavy atom. The summed E-state index contributed by atoms with van der Waals surface area (Å²) in [5.74, 6) is 0. The number of amides is 2. The van der Waals surface area contributed by atoms with Gasteiger partial charge in [0.25, 0.3) is 0 Å². The van der Waals surface area contributed by atoms with Gasteiger partial charge in [-0.1, -0.05) is 48.7 Å². The van der Waals surface area contributed by atoms with Crippen molar-refractivity contribution in [2.45, 2.75) is 38.6 Å². The standard InChI is InChI=1S/C20H23ClN2O/c1-15-6-5-7-18(14-15)22-20(24)23-13-4-2-3-8-19(23)16-9-11-17(21)12-10-16/h5-7,9-12,14,19H,2-4,8,13H2,1H3,(H,22,24)/t19-/m0/s1. The summed E-state index contributed by atoms with van der Waals surface area (Å²) < 4.78 is 0. The molecule has 0 spiro atoms. The fraction of sp³-hybridized carbons (Fsp3) is 0.350. The predicted molar refractivity (Wildman–Crippen MR) is 99.6 cm³/mol. The molecule has 1 saturated heterocycles. The van der Waals surface area contributed by atoms with Crippen LogP contribution in [0.4, 0.5) is 10.5 Å². The summed E-state index contributed by atoms with van der Waals surface area (Å²) in [6.45, 7) is 2.81. The maximum atomic E-state index is 12.9. The number of hydrogen-bond donors (Lipinski definition) is 1. The third-order valence-electron chi connectivity index (χ3n) is 4.54. The first-order valence-electron chi connectivity index (χ1n) is 8.53. The summed E-state index contributed by atoms with van der Waals surface area (Å²) in [6, 6.07) is 15.9. The highest BCUT2D eigenvalue weighted by atomic mass is 35.5. The highest BCUT2D eigenvalue weighted by Crippen LogP contribution is 2.31. The number of likely N-dealkylation sites (tertiary alicyclic amines) is 1. The van der Waals surface area contributed by atoms with Crippen LogP contribution in [0.25, 0.3) is 0 Å². The molecule has 0 radical (unpaired) electrons. The second kappa shape index (κ2) is 7.71. The molecule has 2 aromatic rings. The van der Waals surface area contributed by atoms with Crippen molar-refractivity contribution in [1.29, 1.82) is 0 Å². The van der Waals surface area contributed by atoms with E-state index in [-0.39, 0.29) is 12.1 Å². The Morgan fingerprint density at radius 3 is 2.67 bits per heavy atom. The lowest BCUT2D eigenvalue weighted by Crippen LogP contribution is -2.38. The topological polar surface area (TPSA) is 32.3 Å². The number of hydrogen-bond acceptors (Lipinski definition) is 1. The van der Waals surface area contributed by atoms with Gasteiger partial charge in [-0.15, -0.1) is 0 Å². The lowest BCUT2D eigenvalue weighted by Gasteiger charge is -2.30. The molecular formula is C20H23ClN2O. The van der Waals surface area contributed by atoms with E-state index in [2.05, 4.69) is 5.32 Å². The van der Waals surface area contributed by atoms with Gasteiger partial charge in [-0.25, -0.2) is 4.79 Å². The summed E-state index contributed by atoms with van der Waals surface area (Å²) in [7, 11) is 0. The Morgan fingerprint density at radius 1 is 1.12 bits per heavy atom. The SMILES string of the molecule is Cc1cccc(NC(=O)N2CCCCC[C@H]2c2ccc(Cl)cc2)c1. The number of anilines is 1. The van der Waals surface area contributed by atoms with Crippen molar-refractivity contribution in [3.05, 3.63) is 64.7 Å². The molecule has 0 unspecified atom stereocenters. The molecule has 1 fully saturated rings. The number of urea groups is 1. The minimum absolute atomic E-state index is 0.0255. The van der Waals surface area contributed by atoms with E-state index < -0.39 is 0 Å². The van der Waals surface area contributed by atoms with Crippen LogP contribution in [-0.4, -0.2) is 17.5 Å². The number of benzene rings is 2. The summed E-state index contributed by atoms with van der Waals surface area (Å²) in [4.78, 5) is 14.8. The Kier molecular flexibility index (Phi) is 5.41. The number of nitrogens with zero attached hydrogens (tertiary/aromatic N) is 1. The fourth-order valence-corrected chi connectivity index (χ4v) is 3.43. The van der Waals surface area contributed by atoms with Gasteiger partial charge in [0.05, 0.1) is 6.04 Å². The molecule has 1 aliphatic heterocycles. The molecule has 126 valence electrons. The first-order valence-corrected chi connectivity index (χ1v) is 8.91. The van der Waals surface area contributed by atoms with Crippen LogP contribution in [0.15, 0.2) is 48.5 Å². The van der Waals surface area contributed by atoms with Gasteiger partial charge in [-0.05, 0) is 55.2 Å². The number of aryl methyl sites for hydroxylation is 1. The average molecular weight is 343 g/mol. The smallest absolute Gasteiger partial charge is 0.317 e. The van der Waals surface area contributed by atoms with E-state index in [0.29, 0.717) is 0 Å². The Balaban J connectivity index is 1.81. The number of rotatable bonds is 2. The molecule has 1 heterocycles. The predicted octanol–water partition coefficient (Wildman–Crippen LogP) is 5.80. The number of halogens is 1. The van der Waals surface area contributed by atoms with Crippen LogP contribution in [0.5, 0.6) is 0 Å². The number of nitrogens with one attached hydrogen (secondary N) is 1. The summed E-state index contributed by atoms with van der Waals surface area (Å²) >= 11 is 6.01. The molecule has 0 aromatic heterocycles. The third-order valence-corrected chi connectivity index (χ3v) is 4.79. The van der Waals surface area contributed by atoms with Crippen molar-refractivity contribution >= 4 is 23.3 Å². The minimum atomic E-state index is -0.0255. The van der Waals surface area contributed by atoms with Crippen LogP contribution in [0, 0.1) is 6.92 Å². The van der Waals surface area contributed by atoms with Crippen molar-refractivity contribution in [3.63, 3.8) is 0 Å².